The fourth-order valence-corrected chi connectivity index (χ4v) is 4.70. The lowest BCUT2D eigenvalue weighted by molar-refractivity contribution is -0.117. The highest BCUT2D eigenvalue weighted by Crippen LogP contribution is 2.43. The number of halogens is 2. The molecule has 7 nitrogen and oxygen atoms in total. The fourth-order valence-electron chi connectivity index (χ4n) is 3.64. The number of aromatic nitrogens is 1. The zero-order valence-electron chi connectivity index (χ0n) is 17.4. The highest BCUT2D eigenvalue weighted by atomic mass is 32.2. The number of nitrogens with zero attached hydrogens (tertiary/aromatic N) is 4. The van der Waals surface area contributed by atoms with Crippen LogP contribution in [0.1, 0.15) is 35.3 Å². The minimum Gasteiger partial charge on any atom is -0.368 e. The number of benzene rings is 1. The normalized spacial score (nSPS) is 18.4. The topological polar surface area (TPSA) is 113 Å². The van der Waals surface area contributed by atoms with Gasteiger partial charge in [0.05, 0.1) is 24.7 Å². The molecular formula is C22H22F2N6OS. The molecule has 0 spiro atoms. The quantitative estimate of drug-likeness (QED) is 0.508. The summed E-state index contributed by atoms with van der Waals surface area (Å²) in [7, 11) is 0. The van der Waals surface area contributed by atoms with E-state index in [-0.39, 0.29) is 35.1 Å². The van der Waals surface area contributed by atoms with Crippen molar-refractivity contribution >= 4 is 29.2 Å². The molecule has 0 radical (unpaired) electrons. The first-order chi connectivity index (χ1) is 15.2. The number of carbonyl (C=O) groups is 1. The molecule has 0 aliphatic carbocycles. The van der Waals surface area contributed by atoms with E-state index in [0.29, 0.717) is 17.5 Å². The smallest absolute Gasteiger partial charge is 0.280 e. The van der Waals surface area contributed by atoms with Crippen LogP contribution < -0.4 is 16.4 Å². The number of hydrogen-bond acceptors (Lipinski definition) is 6. The van der Waals surface area contributed by atoms with Crippen LogP contribution in [0.5, 0.6) is 0 Å². The van der Waals surface area contributed by atoms with E-state index in [1.165, 1.54) is 4.90 Å². The minimum atomic E-state index is -3.15. The number of amides is 1. The molecule has 1 aliphatic rings. The van der Waals surface area contributed by atoms with E-state index in [0.717, 1.165) is 11.8 Å². The Hall–Kier alpha value is -3.21. The Morgan fingerprint density at radius 3 is 2.69 bits per heavy atom. The molecule has 2 aromatic rings. The van der Waals surface area contributed by atoms with Gasteiger partial charge in [-0.15, -0.1) is 0 Å². The third-order valence-electron chi connectivity index (χ3n) is 5.34. The van der Waals surface area contributed by atoms with E-state index < -0.39 is 29.7 Å². The summed E-state index contributed by atoms with van der Waals surface area (Å²) in [5, 5.41) is 9.15. The van der Waals surface area contributed by atoms with Crippen molar-refractivity contribution in [2.75, 3.05) is 18.0 Å². The summed E-state index contributed by atoms with van der Waals surface area (Å²) >= 11 is 0.979. The first kappa shape index (κ1) is 23.5. The van der Waals surface area contributed by atoms with Crippen LogP contribution in [-0.2, 0) is 11.2 Å². The molecule has 1 aromatic heterocycles. The van der Waals surface area contributed by atoms with Crippen LogP contribution in [0.2, 0.25) is 0 Å². The Bertz CT molecular complexity index is 1100. The van der Waals surface area contributed by atoms with E-state index in [4.69, 9.17) is 18.0 Å². The number of alkyl halides is 2. The Labute approximate surface area is 189 Å². The number of nitrogens with two attached hydrogens (primary N) is 2. The Morgan fingerprint density at radius 1 is 1.47 bits per heavy atom. The SMILES string of the molecule is [C-]#[N+]c1c(N2CCC(N)C(F)(F)C2)nc(SC(C(N)=O)c2ccccc2)c(C#N)c1CC. The van der Waals surface area contributed by atoms with Crippen molar-refractivity contribution in [3.05, 3.63) is 58.4 Å². The zero-order chi connectivity index (χ0) is 23.5. The van der Waals surface area contributed by atoms with Crippen LogP contribution in [-0.4, -0.2) is 35.9 Å². The number of hydrogen-bond donors (Lipinski definition) is 2. The van der Waals surface area contributed by atoms with Gasteiger partial charge in [0.15, 0.2) is 0 Å². The molecule has 1 aromatic carbocycles. The van der Waals surface area contributed by atoms with Crippen LogP contribution in [0.4, 0.5) is 20.3 Å². The molecule has 10 heteroatoms. The average molecular weight is 457 g/mol. The highest BCUT2D eigenvalue weighted by Gasteiger charge is 2.43. The van der Waals surface area contributed by atoms with Crippen molar-refractivity contribution in [1.29, 1.82) is 5.26 Å². The highest BCUT2D eigenvalue weighted by molar-refractivity contribution is 8.00. The molecule has 32 heavy (non-hydrogen) atoms. The maximum atomic E-state index is 14.3. The van der Waals surface area contributed by atoms with Gasteiger partial charge in [0.1, 0.15) is 22.2 Å². The molecule has 1 aliphatic heterocycles. The summed E-state index contributed by atoms with van der Waals surface area (Å²) in [5.74, 6) is -3.70. The van der Waals surface area contributed by atoms with E-state index in [1.807, 2.05) is 0 Å². The van der Waals surface area contributed by atoms with Crippen LogP contribution in [0.3, 0.4) is 0 Å². The van der Waals surface area contributed by atoms with E-state index in [9.17, 15) is 18.8 Å². The van der Waals surface area contributed by atoms with Gasteiger partial charge in [-0.3, -0.25) is 4.79 Å². The summed E-state index contributed by atoms with van der Waals surface area (Å²) < 4.78 is 28.7. The minimum absolute atomic E-state index is 0.0317. The van der Waals surface area contributed by atoms with Gasteiger partial charge in [-0.2, -0.15) is 5.26 Å². The lowest BCUT2D eigenvalue weighted by Crippen LogP contribution is -2.55. The largest absolute Gasteiger partial charge is 0.368 e. The molecule has 0 bridgehead atoms. The number of thioether (sulfide) groups is 1. The Morgan fingerprint density at radius 2 is 2.16 bits per heavy atom. The Kier molecular flexibility index (Phi) is 6.97. The van der Waals surface area contributed by atoms with Crippen LogP contribution in [0.25, 0.3) is 4.85 Å². The van der Waals surface area contributed by atoms with Gasteiger partial charge in [-0.05, 0) is 24.0 Å². The number of piperidine rings is 1. The van der Waals surface area contributed by atoms with Crippen molar-refractivity contribution in [3.63, 3.8) is 0 Å². The van der Waals surface area contributed by atoms with Crippen LogP contribution in [0, 0.1) is 17.9 Å². The predicted molar refractivity (Wildman–Crippen MR) is 119 cm³/mol. The van der Waals surface area contributed by atoms with Gasteiger partial charge in [0.2, 0.25) is 11.6 Å². The van der Waals surface area contributed by atoms with Crippen molar-refractivity contribution < 1.29 is 13.6 Å². The third kappa shape index (κ3) is 4.52. The van der Waals surface area contributed by atoms with Gasteiger partial charge in [-0.1, -0.05) is 49.0 Å². The number of nitriles is 1. The molecule has 2 unspecified atom stereocenters. The first-order valence-electron chi connectivity index (χ1n) is 9.97. The first-order valence-corrected chi connectivity index (χ1v) is 10.8. The van der Waals surface area contributed by atoms with Gasteiger partial charge >= 0.3 is 0 Å². The van der Waals surface area contributed by atoms with E-state index in [2.05, 4.69) is 15.9 Å². The second-order valence-electron chi connectivity index (χ2n) is 7.41. The summed E-state index contributed by atoms with van der Waals surface area (Å²) in [6, 6.07) is 9.58. The van der Waals surface area contributed by atoms with E-state index in [1.54, 1.807) is 37.3 Å². The molecule has 1 amide bonds. The molecule has 4 N–H and O–H groups in total. The molecule has 166 valence electrons. The molecule has 0 saturated carbocycles. The van der Waals surface area contributed by atoms with Gasteiger partial charge in [0, 0.05) is 6.54 Å². The second-order valence-corrected chi connectivity index (χ2v) is 8.50. The predicted octanol–water partition coefficient (Wildman–Crippen LogP) is 3.56. The zero-order valence-corrected chi connectivity index (χ0v) is 18.2. The molecule has 3 rings (SSSR count). The number of anilines is 1. The number of rotatable bonds is 6. The lowest BCUT2D eigenvalue weighted by Gasteiger charge is -2.38. The van der Waals surface area contributed by atoms with Crippen LogP contribution >= 0.6 is 11.8 Å². The summed E-state index contributed by atoms with van der Waals surface area (Å²) in [6.07, 6.45) is 0.351. The molecule has 1 saturated heterocycles. The van der Waals surface area contributed by atoms with Gasteiger partial charge < -0.3 is 16.4 Å². The van der Waals surface area contributed by atoms with Crippen molar-refractivity contribution in [3.8, 4) is 6.07 Å². The Balaban J connectivity index is 2.14. The number of pyridine rings is 1. The summed E-state index contributed by atoms with van der Waals surface area (Å²) in [6.45, 7) is 8.92. The maximum Gasteiger partial charge on any atom is 0.280 e. The monoisotopic (exact) mass is 456 g/mol. The number of carbonyl (C=O) groups excluding carboxylic acids is 1. The van der Waals surface area contributed by atoms with Gasteiger partial charge in [0.25, 0.3) is 5.92 Å². The number of primary amides is 1. The maximum absolute atomic E-state index is 14.3. The molecule has 2 heterocycles. The average Bonchev–Trinajstić information content (AvgIpc) is 2.78. The van der Waals surface area contributed by atoms with E-state index >= 15 is 0 Å². The molecule has 2 atom stereocenters. The summed E-state index contributed by atoms with van der Waals surface area (Å²) in [5.41, 5.74) is 12.4. The molecular weight excluding hydrogens is 434 g/mol. The standard InChI is InChI=1S/C22H22F2N6OS/c1-3-14-15(11-25)21(32-18(19(27)31)13-7-5-4-6-8-13)29-20(17(14)28-2)30-10-9-16(26)22(23,24)12-30/h4-8,16,18H,3,9-10,12,26H2,1H3,(H2,27,31). The fraction of sp³-hybridized carbons (Fsp3) is 0.364. The van der Waals surface area contributed by atoms with Crippen molar-refractivity contribution in [2.24, 2.45) is 11.5 Å². The van der Waals surface area contributed by atoms with Crippen molar-refractivity contribution in [2.45, 2.75) is 42.0 Å². The summed E-state index contributed by atoms with van der Waals surface area (Å²) in [4.78, 5) is 21.5. The van der Waals surface area contributed by atoms with Crippen molar-refractivity contribution in [1.82, 2.24) is 4.98 Å². The molecule has 1 fully saturated rings. The van der Waals surface area contributed by atoms with Crippen LogP contribution in [0.15, 0.2) is 35.4 Å². The van der Waals surface area contributed by atoms with Gasteiger partial charge in [-0.25, -0.2) is 18.6 Å². The lowest BCUT2D eigenvalue weighted by atomic mass is 10.0. The third-order valence-corrected chi connectivity index (χ3v) is 6.60. The second kappa shape index (κ2) is 9.51.